The second kappa shape index (κ2) is 11.8. The van der Waals surface area contributed by atoms with E-state index in [2.05, 4.69) is 20.4 Å². The zero-order chi connectivity index (χ0) is 23.8. The van der Waals surface area contributed by atoms with Gasteiger partial charge in [0.2, 0.25) is 5.91 Å². The molecule has 1 amide bonds. The summed E-state index contributed by atoms with van der Waals surface area (Å²) in [6.07, 6.45) is 3.71. The highest BCUT2D eigenvalue weighted by Gasteiger charge is 2.17. The van der Waals surface area contributed by atoms with Crippen LogP contribution in [-0.4, -0.2) is 62.4 Å². The lowest BCUT2D eigenvalue weighted by atomic mass is 10.2. The van der Waals surface area contributed by atoms with Crippen LogP contribution in [0.3, 0.4) is 0 Å². The van der Waals surface area contributed by atoms with Crippen LogP contribution in [0.15, 0.2) is 59.8 Å². The summed E-state index contributed by atoms with van der Waals surface area (Å²) in [6, 6.07) is 16.1. The average Bonchev–Trinajstić information content (AvgIpc) is 3.52. The van der Waals surface area contributed by atoms with Gasteiger partial charge < -0.3 is 10.2 Å². The van der Waals surface area contributed by atoms with Gasteiger partial charge in [0.05, 0.1) is 4.92 Å². The van der Waals surface area contributed by atoms with Crippen LogP contribution in [0.25, 0.3) is 17.1 Å². The molecule has 2 aromatic carbocycles. The van der Waals surface area contributed by atoms with Crippen molar-refractivity contribution in [2.75, 3.05) is 31.9 Å². The maximum Gasteiger partial charge on any atom is 0.269 e. The number of carbonyl (C=O) groups excluding carboxylic acids is 1. The van der Waals surface area contributed by atoms with Crippen molar-refractivity contribution in [1.82, 2.24) is 25.0 Å². The highest BCUT2D eigenvalue weighted by atomic mass is 32.2. The normalized spacial score (nSPS) is 13.8. The Labute approximate surface area is 202 Å². The number of para-hydroxylation sites is 1. The molecule has 1 N–H and O–H groups in total. The number of nitrogens with zero attached hydrogens (tertiary/aromatic N) is 5. The first-order valence-corrected chi connectivity index (χ1v) is 12.5. The lowest BCUT2D eigenvalue weighted by Gasteiger charge is -2.14. The fourth-order valence-corrected chi connectivity index (χ4v) is 4.83. The van der Waals surface area contributed by atoms with Crippen molar-refractivity contribution in [2.24, 2.45) is 0 Å². The summed E-state index contributed by atoms with van der Waals surface area (Å²) >= 11 is 1.54. The minimum Gasteiger partial charge on any atom is -0.355 e. The molecule has 0 aliphatic carbocycles. The lowest BCUT2D eigenvalue weighted by Crippen LogP contribution is -2.33. The summed E-state index contributed by atoms with van der Waals surface area (Å²) in [4.78, 5) is 25.1. The van der Waals surface area contributed by atoms with Crippen LogP contribution >= 0.6 is 11.8 Å². The molecule has 0 saturated carbocycles. The van der Waals surface area contributed by atoms with Gasteiger partial charge in [0.15, 0.2) is 11.0 Å². The number of rotatable bonds is 11. The van der Waals surface area contributed by atoms with Gasteiger partial charge in [-0.2, -0.15) is 0 Å². The molecule has 178 valence electrons. The molecule has 0 atom stereocenters. The van der Waals surface area contributed by atoms with Crippen molar-refractivity contribution in [3.8, 4) is 17.1 Å². The maximum absolute atomic E-state index is 12.2. The molecule has 0 unspecified atom stereocenters. The van der Waals surface area contributed by atoms with Crippen molar-refractivity contribution in [3.63, 3.8) is 0 Å². The zero-order valence-corrected chi connectivity index (χ0v) is 19.7. The highest BCUT2D eigenvalue weighted by molar-refractivity contribution is 7.99. The molecular formula is C24H28N6O3S. The molecule has 34 heavy (non-hydrogen) atoms. The molecule has 1 saturated heterocycles. The topological polar surface area (TPSA) is 106 Å². The molecule has 9 nitrogen and oxygen atoms in total. The number of benzene rings is 2. The summed E-state index contributed by atoms with van der Waals surface area (Å²) in [5.74, 6) is 1.42. The van der Waals surface area contributed by atoms with Crippen molar-refractivity contribution in [2.45, 2.75) is 30.8 Å². The Bertz CT molecular complexity index is 1100. The smallest absolute Gasteiger partial charge is 0.269 e. The summed E-state index contributed by atoms with van der Waals surface area (Å²) in [5.41, 5.74) is 1.68. The van der Waals surface area contributed by atoms with Crippen LogP contribution in [0, 0.1) is 10.1 Å². The van der Waals surface area contributed by atoms with E-state index in [-0.39, 0.29) is 11.6 Å². The summed E-state index contributed by atoms with van der Waals surface area (Å²) in [5, 5.41) is 23.5. The van der Waals surface area contributed by atoms with Crippen molar-refractivity contribution >= 4 is 23.4 Å². The van der Waals surface area contributed by atoms with E-state index in [4.69, 9.17) is 0 Å². The average molecular weight is 481 g/mol. The lowest BCUT2D eigenvalue weighted by molar-refractivity contribution is -0.384. The van der Waals surface area contributed by atoms with Gasteiger partial charge in [-0.15, -0.1) is 10.2 Å². The largest absolute Gasteiger partial charge is 0.355 e. The molecule has 10 heteroatoms. The van der Waals surface area contributed by atoms with Crippen molar-refractivity contribution < 1.29 is 9.72 Å². The Morgan fingerprint density at radius 2 is 1.79 bits per heavy atom. The molecule has 1 aromatic heterocycles. The highest BCUT2D eigenvalue weighted by Crippen LogP contribution is 2.29. The van der Waals surface area contributed by atoms with Crippen LogP contribution < -0.4 is 5.32 Å². The minimum atomic E-state index is -0.421. The van der Waals surface area contributed by atoms with E-state index in [1.807, 2.05) is 34.9 Å². The minimum absolute atomic E-state index is 0.0304. The SMILES string of the molecule is O=C(CCCSc1nnc(-c2ccc([N+](=O)[O-])cc2)n1-c1ccccc1)NCCN1CCCC1. The Balaban J connectivity index is 1.37. The molecular weight excluding hydrogens is 452 g/mol. The molecule has 0 radical (unpaired) electrons. The second-order valence-electron chi connectivity index (χ2n) is 8.13. The number of likely N-dealkylation sites (tertiary alicyclic amines) is 1. The summed E-state index contributed by atoms with van der Waals surface area (Å²) in [7, 11) is 0. The van der Waals surface area contributed by atoms with Crippen molar-refractivity contribution in [3.05, 3.63) is 64.7 Å². The predicted molar refractivity (Wildman–Crippen MR) is 132 cm³/mol. The van der Waals surface area contributed by atoms with Gasteiger partial charge >= 0.3 is 0 Å². The Morgan fingerprint density at radius 1 is 1.06 bits per heavy atom. The van der Waals surface area contributed by atoms with Gasteiger partial charge in [0.1, 0.15) is 0 Å². The molecule has 1 aliphatic heterocycles. The fourth-order valence-electron chi connectivity index (χ4n) is 3.94. The van der Waals surface area contributed by atoms with Crippen LogP contribution in [0.2, 0.25) is 0 Å². The first-order valence-electron chi connectivity index (χ1n) is 11.5. The number of carbonyl (C=O) groups is 1. The zero-order valence-electron chi connectivity index (χ0n) is 18.9. The predicted octanol–water partition coefficient (Wildman–Crippen LogP) is 3.93. The molecule has 3 aromatic rings. The molecule has 0 spiro atoms. The van der Waals surface area contributed by atoms with Crippen LogP contribution in [-0.2, 0) is 4.79 Å². The van der Waals surface area contributed by atoms with E-state index >= 15 is 0 Å². The van der Waals surface area contributed by atoms with E-state index in [9.17, 15) is 14.9 Å². The third-order valence-electron chi connectivity index (χ3n) is 5.71. The molecule has 1 fully saturated rings. The van der Waals surface area contributed by atoms with Gasteiger partial charge in [-0.3, -0.25) is 19.5 Å². The van der Waals surface area contributed by atoms with Gasteiger partial charge in [0, 0.05) is 48.6 Å². The monoisotopic (exact) mass is 480 g/mol. The quantitative estimate of drug-likeness (QED) is 0.192. The number of nitro groups is 1. The van der Waals surface area contributed by atoms with E-state index in [1.165, 1.54) is 25.0 Å². The number of non-ortho nitro benzene ring substituents is 1. The van der Waals surface area contributed by atoms with Gasteiger partial charge in [0.25, 0.3) is 5.69 Å². The third kappa shape index (κ3) is 6.21. The first kappa shape index (κ1) is 23.9. The molecule has 4 rings (SSSR count). The van der Waals surface area contributed by atoms with E-state index in [0.29, 0.717) is 23.9 Å². The third-order valence-corrected chi connectivity index (χ3v) is 6.73. The van der Waals surface area contributed by atoms with Gasteiger partial charge in [-0.05, 0) is 56.6 Å². The van der Waals surface area contributed by atoms with Crippen LogP contribution in [0.4, 0.5) is 5.69 Å². The fraction of sp³-hybridized carbons (Fsp3) is 0.375. The number of amides is 1. The van der Waals surface area contributed by atoms with Gasteiger partial charge in [-0.1, -0.05) is 30.0 Å². The number of thioether (sulfide) groups is 1. The number of nitrogens with one attached hydrogen (secondary N) is 1. The second-order valence-corrected chi connectivity index (χ2v) is 9.19. The molecule has 1 aliphatic rings. The molecule has 0 bridgehead atoms. The molecule has 2 heterocycles. The van der Waals surface area contributed by atoms with E-state index < -0.39 is 4.92 Å². The number of hydrogen-bond acceptors (Lipinski definition) is 7. The summed E-state index contributed by atoms with van der Waals surface area (Å²) in [6.45, 7) is 3.89. The van der Waals surface area contributed by atoms with Gasteiger partial charge in [-0.25, -0.2) is 0 Å². The Hall–Kier alpha value is -3.24. The number of aromatic nitrogens is 3. The maximum atomic E-state index is 12.2. The number of hydrogen-bond donors (Lipinski definition) is 1. The number of nitro benzene ring substituents is 1. The Morgan fingerprint density at radius 3 is 2.50 bits per heavy atom. The van der Waals surface area contributed by atoms with Crippen LogP contribution in [0.1, 0.15) is 25.7 Å². The first-order chi connectivity index (χ1) is 16.6. The van der Waals surface area contributed by atoms with Crippen molar-refractivity contribution in [1.29, 1.82) is 0 Å². The van der Waals surface area contributed by atoms with E-state index in [0.717, 1.165) is 43.1 Å². The summed E-state index contributed by atoms with van der Waals surface area (Å²) < 4.78 is 1.95. The van der Waals surface area contributed by atoms with Crippen LogP contribution in [0.5, 0.6) is 0 Å². The standard InChI is InChI=1S/C24H28N6O3S/c31-22(25-14-17-28-15-4-5-16-28)9-6-18-34-24-27-26-23(29(24)20-7-2-1-3-8-20)19-10-12-21(13-11-19)30(32)33/h1-3,7-8,10-13H,4-6,9,14-18H2,(H,25,31). The van der Waals surface area contributed by atoms with E-state index in [1.54, 1.807) is 23.9 Å². The Kier molecular flexibility index (Phi) is 8.26.